The summed E-state index contributed by atoms with van der Waals surface area (Å²) < 4.78 is 2.15. The van der Waals surface area contributed by atoms with Crippen LogP contribution in [0.1, 0.15) is 50.5 Å². The minimum atomic E-state index is -0.140. The lowest BCUT2D eigenvalue weighted by Gasteiger charge is -2.19. The number of carbonyl (C=O) groups is 1. The van der Waals surface area contributed by atoms with Crippen molar-refractivity contribution in [1.29, 1.82) is 0 Å². The normalized spacial score (nSPS) is 12.3. The first-order chi connectivity index (χ1) is 13.0. The Morgan fingerprint density at radius 2 is 1.93 bits per heavy atom. The minimum Gasteiger partial charge on any atom is -0.346 e. The van der Waals surface area contributed by atoms with Crippen molar-refractivity contribution < 1.29 is 4.79 Å². The van der Waals surface area contributed by atoms with Gasteiger partial charge in [0.05, 0.1) is 27.1 Å². The molecule has 0 fully saturated rings. The molecule has 0 aliphatic rings. The van der Waals surface area contributed by atoms with E-state index >= 15 is 0 Å². The summed E-state index contributed by atoms with van der Waals surface area (Å²) >= 11 is 12.2. The second-order valence-electron chi connectivity index (χ2n) is 6.57. The highest BCUT2D eigenvalue weighted by molar-refractivity contribution is 6.42. The van der Waals surface area contributed by atoms with Crippen LogP contribution in [0.5, 0.6) is 0 Å². The predicted octanol–water partition coefficient (Wildman–Crippen LogP) is 5.76. The van der Waals surface area contributed by atoms with Crippen molar-refractivity contribution >= 4 is 40.1 Å². The Hall–Kier alpha value is -2.04. The van der Waals surface area contributed by atoms with Gasteiger partial charge >= 0.3 is 0 Å². The first kappa shape index (κ1) is 19.7. The van der Waals surface area contributed by atoms with Crippen molar-refractivity contribution in [2.45, 2.75) is 45.7 Å². The van der Waals surface area contributed by atoms with Crippen LogP contribution in [0.3, 0.4) is 0 Å². The van der Waals surface area contributed by atoms with Gasteiger partial charge in [-0.25, -0.2) is 4.98 Å². The van der Waals surface area contributed by atoms with Gasteiger partial charge in [0.15, 0.2) is 0 Å². The molecule has 0 bridgehead atoms. The van der Waals surface area contributed by atoms with Crippen molar-refractivity contribution in [3.63, 3.8) is 0 Å². The number of carbonyl (C=O) groups excluding carboxylic acids is 1. The van der Waals surface area contributed by atoms with Crippen molar-refractivity contribution in [3.05, 3.63) is 63.9 Å². The van der Waals surface area contributed by atoms with Gasteiger partial charge in [-0.1, -0.05) is 55.2 Å². The number of fused-ring (bicyclic) bond motifs is 1. The van der Waals surface area contributed by atoms with Gasteiger partial charge in [0.25, 0.3) is 0 Å². The Kier molecular flexibility index (Phi) is 6.40. The molecule has 1 atom stereocenters. The summed E-state index contributed by atoms with van der Waals surface area (Å²) in [5.41, 5.74) is 2.97. The monoisotopic (exact) mass is 403 g/mol. The summed E-state index contributed by atoms with van der Waals surface area (Å²) in [4.78, 5) is 17.0. The summed E-state index contributed by atoms with van der Waals surface area (Å²) in [6, 6.07) is 13.5. The molecule has 1 N–H and O–H groups in total. The van der Waals surface area contributed by atoms with E-state index in [0.29, 0.717) is 23.0 Å². The largest absolute Gasteiger partial charge is 0.346 e. The molecule has 1 heterocycles. The molecule has 0 radical (unpaired) electrons. The SMILES string of the molecule is CCCC(=O)NC(CC)c1nc2ccccc2n1Cc1ccc(Cl)c(Cl)c1. The smallest absolute Gasteiger partial charge is 0.220 e. The molecule has 2 aromatic carbocycles. The number of halogens is 2. The van der Waals surface area contributed by atoms with Crippen LogP contribution in [0.25, 0.3) is 11.0 Å². The fourth-order valence-electron chi connectivity index (χ4n) is 3.19. The number of benzene rings is 2. The van der Waals surface area contributed by atoms with E-state index in [2.05, 4.69) is 16.8 Å². The molecule has 1 aromatic heterocycles. The number of nitrogens with one attached hydrogen (secondary N) is 1. The average molecular weight is 404 g/mol. The van der Waals surface area contributed by atoms with Gasteiger partial charge in [0.1, 0.15) is 5.82 Å². The van der Waals surface area contributed by atoms with E-state index in [0.717, 1.165) is 35.3 Å². The molecule has 0 aliphatic heterocycles. The molecule has 1 unspecified atom stereocenters. The van der Waals surface area contributed by atoms with Crippen LogP contribution < -0.4 is 5.32 Å². The summed E-state index contributed by atoms with van der Waals surface area (Å²) in [7, 11) is 0. The van der Waals surface area contributed by atoms with Crippen LogP contribution in [0.4, 0.5) is 0 Å². The molecular formula is C21H23Cl2N3O. The standard InChI is InChI=1S/C21H23Cl2N3O/c1-3-7-20(27)24-17(4-2)21-25-18-8-5-6-9-19(18)26(21)13-14-10-11-15(22)16(23)12-14/h5-6,8-12,17H,3-4,7,13H2,1-2H3,(H,24,27). The topological polar surface area (TPSA) is 46.9 Å². The zero-order valence-electron chi connectivity index (χ0n) is 15.5. The molecule has 142 valence electrons. The number of hydrogen-bond donors (Lipinski definition) is 1. The van der Waals surface area contributed by atoms with Gasteiger partial charge in [0.2, 0.25) is 5.91 Å². The Morgan fingerprint density at radius 3 is 2.63 bits per heavy atom. The van der Waals surface area contributed by atoms with Gasteiger partial charge in [-0.05, 0) is 42.7 Å². The van der Waals surface area contributed by atoms with E-state index < -0.39 is 0 Å². The second kappa shape index (κ2) is 8.77. The van der Waals surface area contributed by atoms with Crippen LogP contribution in [0, 0.1) is 0 Å². The fourth-order valence-corrected chi connectivity index (χ4v) is 3.51. The van der Waals surface area contributed by atoms with E-state index in [9.17, 15) is 4.79 Å². The Morgan fingerprint density at radius 1 is 1.15 bits per heavy atom. The molecule has 27 heavy (non-hydrogen) atoms. The van der Waals surface area contributed by atoms with Crippen LogP contribution in [-0.4, -0.2) is 15.5 Å². The number of rotatable bonds is 7. The van der Waals surface area contributed by atoms with Gasteiger partial charge in [0, 0.05) is 13.0 Å². The summed E-state index contributed by atoms with van der Waals surface area (Å²) in [6.07, 6.45) is 2.10. The van der Waals surface area contributed by atoms with Crippen molar-refractivity contribution in [2.75, 3.05) is 0 Å². The fraction of sp³-hybridized carbons (Fsp3) is 0.333. The van der Waals surface area contributed by atoms with E-state index in [1.165, 1.54) is 0 Å². The van der Waals surface area contributed by atoms with Crippen LogP contribution >= 0.6 is 23.2 Å². The quantitative estimate of drug-likeness (QED) is 0.544. The van der Waals surface area contributed by atoms with E-state index in [1.54, 1.807) is 6.07 Å². The van der Waals surface area contributed by atoms with E-state index in [1.807, 2.05) is 43.3 Å². The van der Waals surface area contributed by atoms with E-state index in [-0.39, 0.29) is 11.9 Å². The maximum atomic E-state index is 12.2. The lowest BCUT2D eigenvalue weighted by Crippen LogP contribution is -2.30. The number of para-hydroxylation sites is 2. The number of hydrogen-bond acceptors (Lipinski definition) is 2. The van der Waals surface area contributed by atoms with Gasteiger partial charge in [-0.3, -0.25) is 4.79 Å². The Bertz CT molecular complexity index is 952. The summed E-state index contributed by atoms with van der Waals surface area (Å²) in [6.45, 7) is 4.66. The van der Waals surface area contributed by atoms with Crippen molar-refractivity contribution in [2.24, 2.45) is 0 Å². The maximum absolute atomic E-state index is 12.2. The lowest BCUT2D eigenvalue weighted by molar-refractivity contribution is -0.122. The van der Waals surface area contributed by atoms with Crippen molar-refractivity contribution in [1.82, 2.24) is 14.9 Å². The molecule has 0 aliphatic carbocycles. The third kappa shape index (κ3) is 4.45. The Labute approximate surface area is 169 Å². The molecule has 0 spiro atoms. The maximum Gasteiger partial charge on any atom is 0.220 e. The zero-order chi connectivity index (χ0) is 19.4. The number of imidazole rings is 1. The molecule has 1 amide bonds. The molecular weight excluding hydrogens is 381 g/mol. The minimum absolute atomic E-state index is 0.0532. The second-order valence-corrected chi connectivity index (χ2v) is 7.39. The molecule has 0 saturated heterocycles. The van der Waals surface area contributed by atoms with E-state index in [4.69, 9.17) is 28.2 Å². The molecule has 3 aromatic rings. The average Bonchev–Trinajstić information content (AvgIpc) is 3.01. The van der Waals surface area contributed by atoms with Gasteiger partial charge in [-0.15, -0.1) is 0 Å². The summed E-state index contributed by atoms with van der Waals surface area (Å²) in [5.74, 6) is 0.909. The van der Waals surface area contributed by atoms with Crippen molar-refractivity contribution in [3.8, 4) is 0 Å². The third-order valence-electron chi connectivity index (χ3n) is 4.54. The van der Waals surface area contributed by atoms with Crippen LogP contribution in [0.15, 0.2) is 42.5 Å². The first-order valence-electron chi connectivity index (χ1n) is 9.22. The number of aromatic nitrogens is 2. The molecule has 3 rings (SSSR count). The van der Waals surface area contributed by atoms with Gasteiger partial charge in [-0.2, -0.15) is 0 Å². The molecule has 4 nitrogen and oxygen atoms in total. The molecule has 0 saturated carbocycles. The highest BCUT2D eigenvalue weighted by atomic mass is 35.5. The van der Waals surface area contributed by atoms with Crippen LogP contribution in [0.2, 0.25) is 10.0 Å². The molecule has 6 heteroatoms. The predicted molar refractivity (Wildman–Crippen MR) is 111 cm³/mol. The number of amides is 1. The lowest BCUT2D eigenvalue weighted by atomic mass is 10.1. The zero-order valence-corrected chi connectivity index (χ0v) is 17.0. The third-order valence-corrected chi connectivity index (χ3v) is 5.28. The highest BCUT2D eigenvalue weighted by Crippen LogP contribution is 2.27. The summed E-state index contributed by atoms with van der Waals surface area (Å²) in [5, 5.41) is 4.19. The number of nitrogens with zero attached hydrogens (tertiary/aromatic N) is 2. The van der Waals surface area contributed by atoms with Gasteiger partial charge < -0.3 is 9.88 Å². The van der Waals surface area contributed by atoms with Crippen LogP contribution in [-0.2, 0) is 11.3 Å². The Balaban J connectivity index is 2.02. The highest BCUT2D eigenvalue weighted by Gasteiger charge is 2.20. The first-order valence-corrected chi connectivity index (χ1v) is 9.97.